The number of piperazine rings is 1. The lowest BCUT2D eigenvalue weighted by Crippen LogP contribution is -2.49. The van der Waals surface area contributed by atoms with Crippen LogP contribution in [0.5, 0.6) is 0 Å². The third-order valence-corrected chi connectivity index (χ3v) is 7.44. The number of hydrogen-bond donors (Lipinski definition) is 1. The van der Waals surface area contributed by atoms with E-state index in [4.69, 9.17) is 14.7 Å². The minimum atomic E-state index is 0.167. The molecule has 0 saturated carbocycles. The van der Waals surface area contributed by atoms with E-state index in [-0.39, 0.29) is 5.91 Å². The number of aromatic nitrogens is 2. The summed E-state index contributed by atoms with van der Waals surface area (Å²) in [7, 11) is 0. The lowest BCUT2D eigenvalue weighted by Gasteiger charge is -2.34. The molecule has 0 atom stereocenters. The third kappa shape index (κ3) is 5.38. The average molecular weight is 481 g/mol. The first-order valence-electron chi connectivity index (χ1n) is 12.0. The summed E-state index contributed by atoms with van der Waals surface area (Å²) in [6.07, 6.45) is 0. The number of nitrogens with one attached hydrogen (secondary N) is 1. The van der Waals surface area contributed by atoms with Gasteiger partial charge in [-0.3, -0.25) is 14.6 Å². The van der Waals surface area contributed by atoms with Gasteiger partial charge < -0.3 is 15.0 Å². The molecule has 34 heavy (non-hydrogen) atoms. The van der Waals surface area contributed by atoms with Gasteiger partial charge >= 0.3 is 0 Å². The summed E-state index contributed by atoms with van der Waals surface area (Å²) in [4.78, 5) is 29.2. The maximum Gasteiger partial charge on any atom is 0.219 e. The number of anilines is 1. The van der Waals surface area contributed by atoms with Gasteiger partial charge in [0.25, 0.3) is 0 Å². The van der Waals surface area contributed by atoms with E-state index in [9.17, 15) is 4.79 Å². The number of thiophene rings is 1. The predicted octanol–water partition coefficient (Wildman–Crippen LogP) is 2.77. The standard InChI is InChI=1S/C25H32N6O2S/c1-19(32)31-11-9-29(10-12-31)8-7-26-24-23-21(20-5-3-2-4-6-20)18-34-25(23)28-22(27-24)17-30-13-15-33-16-14-30/h2-6,18H,7-17H2,1H3,(H,26,27,28). The van der Waals surface area contributed by atoms with E-state index in [0.717, 1.165) is 94.0 Å². The van der Waals surface area contributed by atoms with E-state index in [0.29, 0.717) is 0 Å². The molecule has 180 valence electrons. The Balaban J connectivity index is 1.35. The highest BCUT2D eigenvalue weighted by Crippen LogP contribution is 2.37. The Morgan fingerprint density at radius 3 is 2.53 bits per heavy atom. The second-order valence-corrected chi connectivity index (χ2v) is 9.71. The van der Waals surface area contributed by atoms with Crippen LogP contribution in [0.2, 0.25) is 0 Å². The number of benzene rings is 1. The van der Waals surface area contributed by atoms with Crippen LogP contribution in [0, 0.1) is 0 Å². The van der Waals surface area contributed by atoms with E-state index in [1.54, 1.807) is 18.3 Å². The Bertz CT molecular complexity index is 1110. The summed E-state index contributed by atoms with van der Waals surface area (Å²) < 4.78 is 5.50. The molecule has 2 fully saturated rings. The third-order valence-electron chi connectivity index (χ3n) is 6.57. The number of fused-ring (bicyclic) bond motifs is 1. The fourth-order valence-corrected chi connectivity index (χ4v) is 5.56. The molecule has 0 aliphatic carbocycles. The SMILES string of the molecule is CC(=O)N1CCN(CCNc2nc(CN3CCOCC3)nc3scc(-c4ccccc4)c23)CC1. The topological polar surface area (TPSA) is 73.8 Å². The molecule has 0 radical (unpaired) electrons. The van der Waals surface area contributed by atoms with Crippen LogP contribution in [0.3, 0.4) is 0 Å². The minimum absolute atomic E-state index is 0.167. The summed E-state index contributed by atoms with van der Waals surface area (Å²) in [5, 5.41) is 6.93. The average Bonchev–Trinajstić information content (AvgIpc) is 3.30. The molecule has 1 N–H and O–H groups in total. The molecule has 8 nitrogen and oxygen atoms in total. The lowest BCUT2D eigenvalue weighted by atomic mass is 10.1. The fourth-order valence-electron chi connectivity index (χ4n) is 4.59. The van der Waals surface area contributed by atoms with Crippen molar-refractivity contribution in [3.63, 3.8) is 0 Å². The van der Waals surface area contributed by atoms with Crippen molar-refractivity contribution in [3.05, 3.63) is 41.5 Å². The highest BCUT2D eigenvalue weighted by Gasteiger charge is 2.20. The van der Waals surface area contributed by atoms with Crippen LogP contribution in [-0.4, -0.2) is 96.1 Å². The van der Waals surface area contributed by atoms with Gasteiger partial charge in [-0.2, -0.15) is 0 Å². The van der Waals surface area contributed by atoms with Crippen molar-refractivity contribution >= 4 is 33.3 Å². The molecule has 0 bridgehead atoms. The second-order valence-electron chi connectivity index (χ2n) is 8.85. The van der Waals surface area contributed by atoms with Crippen LogP contribution < -0.4 is 5.32 Å². The smallest absolute Gasteiger partial charge is 0.219 e. The van der Waals surface area contributed by atoms with Gasteiger partial charge in [0.2, 0.25) is 5.91 Å². The summed E-state index contributed by atoms with van der Waals surface area (Å²) in [5.74, 6) is 1.93. The molecular weight excluding hydrogens is 448 g/mol. The van der Waals surface area contributed by atoms with Crippen molar-refractivity contribution in [1.29, 1.82) is 0 Å². The van der Waals surface area contributed by atoms with Gasteiger partial charge in [0.1, 0.15) is 16.5 Å². The zero-order valence-electron chi connectivity index (χ0n) is 19.7. The molecule has 1 aromatic carbocycles. The Hall–Kier alpha value is -2.59. The molecule has 3 aromatic rings. The number of rotatable bonds is 7. The number of nitrogens with zero attached hydrogens (tertiary/aromatic N) is 5. The van der Waals surface area contributed by atoms with Crippen molar-refractivity contribution in [2.75, 3.05) is 70.9 Å². The van der Waals surface area contributed by atoms with Crippen molar-refractivity contribution in [2.45, 2.75) is 13.5 Å². The van der Waals surface area contributed by atoms with Crippen molar-refractivity contribution in [2.24, 2.45) is 0 Å². The Morgan fingerprint density at radius 1 is 1.03 bits per heavy atom. The minimum Gasteiger partial charge on any atom is -0.379 e. The Morgan fingerprint density at radius 2 is 1.79 bits per heavy atom. The Labute approximate surface area is 204 Å². The maximum absolute atomic E-state index is 11.6. The highest BCUT2D eigenvalue weighted by molar-refractivity contribution is 7.17. The first kappa shape index (κ1) is 23.2. The second kappa shape index (κ2) is 10.8. The first-order chi connectivity index (χ1) is 16.7. The normalized spacial score (nSPS) is 17.9. The lowest BCUT2D eigenvalue weighted by molar-refractivity contribution is -0.130. The number of ether oxygens (including phenoxy) is 1. The van der Waals surface area contributed by atoms with Crippen LogP contribution in [0.4, 0.5) is 5.82 Å². The van der Waals surface area contributed by atoms with Crippen LogP contribution in [-0.2, 0) is 16.1 Å². The predicted molar refractivity (Wildman–Crippen MR) is 136 cm³/mol. The van der Waals surface area contributed by atoms with E-state index >= 15 is 0 Å². The molecule has 9 heteroatoms. The van der Waals surface area contributed by atoms with Gasteiger partial charge in [-0.25, -0.2) is 9.97 Å². The van der Waals surface area contributed by atoms with E-state index in [1.807, 2.05) is 11.0 Å². The zero-order chi connectivity index (χ0) is 23.3. The van der Waals surface area contributed by atoms with Gasteiger partial charge in [0.05, 0.1) is 25.1 Å². The summed E-state index contributed by atoms with van der Waals surface area (Å²) in [6, 6.07) is 10.5. The molecule has 1 amide bonds. The maximum atomic E-state index is 11.6. The Kier molecular flexibility index (Phi) is 7.34. The monoisotopic (exact) mass is 480 g/mol. The molecular formula is C25H32N6O2S. The summed E-state index contributed by atoms with van der Waals surface area (Å²) >= 11 is 1.68. The summed E-state index contributed by atoms with van der Waals surface area (Å²) in [6.45, 7) is 10.9. The molecule has 0 spiro atoms. The van der Waals surface area contributed by atoms with E-state index < -0.39 is 0 Å². The van der Waals surface area contributed by atoms with E-state index in [2.05, 4.69) is 44.8 Å². The molecule has 2 aliphatic rings. The quantitative estimate of drug-likeness (QED) is 0.557. The number of hydrogen-bond acceptors (Lipinski definition) is 8. The number of carbonyl (C=O) groups excluding carboxylic acids is 1. The van der Waals surface area contributed by atoms with Crippen LogP contribution >= 0.6 is 11.3 Å². The molecule has 4 heterocycles. The zero-order valence-corrected chi connectivity index (χ0v) is 20.5. The molecule has 5 rings (SSSR count). The van der Waals surface area contributed by atoms with Gasteiger partial charge in [-0.15, -0.1) is 11.3 Å². The molecule has 0 unspecified atom stereocenters. The van der Waals surface area contributed by atoms with Crippen molar-refractivity contribution in [1.82, 2.24) is 24.7 Å². The van der Waals surface area contributed by atoms with Crippen molar-refractivity contribution < 1.29 is 9.53 Å². The van der Waals surface area contributed by atoms with Gasteiger partial charge in [-0.05, 0) is 5.56 Å². The fraction of sp³-hybridized carbons (Fsp3) is 0.480. The molecule has 2 aromatic heterocycles. The van der Waals surface area contributed by atoms with Gasteiger partial charge in [-0.1, -0.05) is 30.3 Å². The van der Waals surface area contributed by atoms with E-state index in [1.165, 1.54) is 11.1 Å². The highest BCUT2D eigenvalue weighted by atomic mass is 32.1. The number of amides is 1. The van der Waals surface area contributed by atoms with Crippen molar-refractivity contribution in [3.8, 4) is 11.1 Å². The molecule has 2 saturated heterocycles. The van der Waals surface area contributed by atoms with Crippen LogP contribution in [0.15, 0.2) is 35.7 Å². The van der Waals surface area contributed by atoms with Gasteiger partial charge in [0.15, 0.2) is 0 Å². The van der Waals surface area contributed by atoms with Crippen LogP contribution in [0.1, 0.15) is 12.7 Å². The number of morpholine rings is 1. The number of carbonyl (C=O) groups is 1. The van der Waals surface area contributed by atoms with Gasteiger partial charge in [0, 0.05) is 70.2 Å². The summed E-state index contributed by atoms with van der Waals surface area (Å²) in [5.41, 5.74) is 2.36. The largest absolute Gasteiger partial charge is 0.379 e. The first-order valence-corrected chi connectivity index (χ1v) is 12.9. The molecule has 2 aliphatic heterocycles. The van der Waals surface area contributed by atoms with Crippen LogP contribution in [0.25, 0.3) is 21.3 Å².